The van der Waals surface area contributed by atoms with Gasteiger partial charge in [-0.2, -0.15) is 18.3 Å². The Labute approximate surface area is 117 Å². The van der Waals surface area contributed by atoms with Crippen LogP contribution in [0.15, 0.2) is 30.6 Å². The lowest BCUT2D eigenvalue weighted by atomic mass is 10.2. The first-order valence-electron chi connectivity index (χ1n) is 5.77. The highest BCUT2D eigenvalue weighted by molar-refractivity contribution is 6.18. The molecular formula is C12H11ClF3N3O. The van der Waals surface area contributed by atoms with Crippen molar-refractivity contribution in [3.05, 3.63) is 36.2 Å². The van der Waals surface area contributed by atoms with Crippen molar-refractivity contribution in [1.29, 1.82) is 0 Å². The first-order valence-corrected chi connectivity index (χ1v) is 6.30. The van der Waals surface area contributed by atoms with E-state index < -0.39 is 18.6 Å². The molecule has 0 fully saturated rings. The molecule has 0 aliphatic heterocycles. The van der Waals surface area contributed by atoms with Gasteiger partial charge >= 0.3 is 6.18 Å². The maximum absolute atomic E-state index is 12.5. The Balaban J connectivity index is 2.31. The Morgan fingerprint density at radius 2 is 2.15 bits per heavy atom. The van der Waals surface area contributed by atoms with E-state index in [1.807, 2.05) is 0 Å². The van der Waals surface area contributed by atoms with Gasteiger partial charge in [0.1, 0.15) is 6.54 Å². The number of hydrogen-bond donors (Lipinski definition) is 0. The average molecular weight is 306 g/mol. The van der Waals surface area contributed by atoms with Crippen LogP contribution in [0.4, 0.5) is 13.2 Å². The summed E-state index contributed by atoms with van der Waals surface area (Å²) in [7, 11) is 0. The number of rotatable bonds is 4. The molecular weight excluding hydrogens is 295 g/mol. The van der Waals surface area contributed by atoms with Gasteiger partial charge in [0.05, 0.1) is 17.3 Å². The zero-order chi connectivity index (χ0) is 14.8. The topological polar surface area (TPSA) is 37.6 Å². The second-order valence-electron chi connectivity index (χ2n) is 4.12. The standard InChI is InChI=1S/C12H11ClF3N3O/c13-4-6-18(8-12(14,15)16)11(20)9-7-17-19-5-2-1-3-10(9)19/h1-3,5,7H,4,6,8H2. The lowest BCUT2D eigenvalue weighted by molar-refractivity contribution is -0.140. The predicted molar refractivity (Wildman–Crippen MR) is 67.9 cm³/mol. The Morgan fingerprint density at radius 1 is 1.40 bits per heavy atom. The molecule has 0 unspecified atom stereocenters. The summed E-state index contributed by atoms with van der Waals surface area (Å²) in [5.41, 5.74) is 0.583. The van der Waals surface area contributed by atoms with E-state index in [4.69, 9.17) is 11.6 Å². The number of amides is 1. The molecule has 20 heavy (non-hydrogen) atoms. The van der Waals surface area contributed by atoms with Gasteiger partial charge < -0.3 is 4.90 Å². The van der Waals surface area contributed by atoms with E-state index in [2.05, 4.69) is 5.10 Å². The van der Waals surface area contributed by atoms with Crippen LogP contribution in [0.25, 0.3) is 5.52 Å². The quantitative estimate of drug-likeness (QED) is 0.814. The molecule has 2 rings (SSSR count). The molecule has 0 atom stereocenters. The van der Waals surface area contributed by atoms with Gasteiger partial charge in [0.15, 0.2) is 0 Å². The molecule has 0 aromatic carbocycles. The normalized spacial score (nSPS) is 11.8. The van der Waals surface area contributed by atoms with Gasteiger partial charge in [-0.3, -0.25) is 4.79 Å². The van der Waals surface area contributed by atoms with Crippen LogP contribution in [0.2, 0.25) is 0 Å². The molecule has 8 heteroatoms. The van der Waals surface area contributed by atoms with E-state index in [-0.39, 0.29) is 18.0 Å². The van der Waals surface area contributed by atoms with Crippen LogP contribution >= 0.6 is 11.6 Å². The van der Waals surface area contributed by atoms with Crippen molar-refractivity contribution < 1.29 is 18.0 Å². The summed E-state index contributed by atoms with van der Waals surface area (Å²) in [5.74, 6) is -0.801. The second-order valence-corrected chi connectivity index (χ2v) is 4.50. The highest BCUT2D eigenvalue weighted by atomic mass is 35.5. The Morgan fingerprint density at radius 3 is 2.80 bits per heavy atom. The van der Waals surface area contributed by atoms with Gasteiger partial charge in [0.2, 0.25) is 0 Å². The molecule has 2 heterocycles. The van der Waals surface area contributed by atoms with E-state index in [0.717, 1.165) is 0 Å². The number of carbonyl (C=O) groups is 1. The number of fused-ring (bicyclic) bond motifs is 1. The fourth-order valence-electron chi connectivity index (χ4n) is 1.84. The van der Waals surface area contributed by atoms with Gasteiger partial charge in [-0.05, 0) is 12.1 Å². The van der Waals surface area contributed by atoms with Crippen LogP contribution in [0.1, 0.15) is 10.4 Å². The van der Waals surface area contributed by atoms with Gasteiger partial charge in [-0.1, -0.05) is 6.07 Å². The van der Waals surface area contributed by atoms with Crippen LogP contribution in [0.5, 0.6) is 0 Å². The van der Waals surface area contributed by atoms with Gasteiger partial charge in [-0.25, -0.2) is 4.52 Å². The van der Waals surface area contributed by atoms with E-state index >= 15 is 0 Å². The number of halogens is 4. The van der Waals surface area contributed by atoms with Crippen LogP contribution < -0.4 is 0 Å². The van der Waals surface area contributed by atoms with Crippen molar-refractivity contribution in [3.8, 4) is 0 Å². The molecule has 0 saturated heterocycles. The predicted octanol–water partition coefficient (Wildman–Crippen LogP) is 2.58. The molecule has 0 aliphatic rings. The van der Waals surface area contributed by atoms with Crippen LogP contribution in [0.3, 0.4) is 0 Å². The van der Waals surface area contributed by atoms with Crippen molar-refractivity contribution >= 4 is 23.0 Å². The number of carbonyl (C=O) groups excluding carboxylic acids is 1. The van der Waals surface area contributed by atoms with Crippen molar-refractivity contribution in [2.45, 2.75) is 6.18 Å². The SMILES string of the molecule is O=C(c1cnn2ccccc12)N(CCCl)CC(F)(F)F. The molecule has 2 aromatic rings. The van der Waals surface area contributed by atoms with Crippen molar-refractivity contribution in [1.82, 2.24) is 14.5 Å². The van der Waals surface area contributed by atoms with E-state index in [0.29, 0.717) is 10.4 Å². The summed E-state index contributed by atoms with van der Waals surface area (Å²) < 4.78 is 38.9. The smallest absolute Gasteiger partial charge is 0.328 e. The molecule has 1 amide bonds. The third kappa shape index (κ3) is 3.22. The highest BCUT2D eigenvalue weighted by Crippen LogP contribution is 2.19. The molecule has 0 bridgehead atoms. The van der Waals surface area contributed by atoms with Gasteiger partial charge in [0, 0.05) is 18.6 Å². The third-order valence-electron chi connectivity index (χ3n) is 2.67. The fraction of sp³-hybridized carbons (Fsp3) is 0.333. The zero-order valence-corrected chi connectivity index (χ0v) is 11.0. The van der Waals surface area contributed by atoms with Gasteiger partial charge in [0.25, 0.3) is 5.91 Å². The molecule has 0 saturated carbocycles. The Kier molecular flexibility index (Phi) is 4.17. The fourth-order valence-corrected chi connectivity index (χ4v) is 2.04. The number of nitrogens with zero attached hydrogens (tertiary/aromatic N) is 3. The van der Waals surface area contributed by atoms with Crippen molar-refractivity contribution in [2.75, 3.05) is 19.0 Å². The summed E-state index contributed by atoms with van der Waals surface area (Å²) in [6.07, 6.45) is -1.60. The minimum atomic E-state index is -4.47. The van der Waals surface area contributed by atoms with Crippen LogP contribution in [-0.4, -0.2) is 45.6 Å². The Bertz CT molecular complexity index is 611. The molecule has 4 nitrogen and oxygen atoms in total. The third-order valence-corrected chi connectivity index (χ3v) is 2.84. The van der Waals surface area contributed by atoms with E-state index in [9.17, 15) is 18.0 Å². The zero-order valence-electron chi connectivity index (χ0n) is 10.3. The van der Waals surface area contributed by atoms with Crippen LogP contribution in [0, 0.1) is 0 Å². The largest absolute Gasteiger partial charge is 0.406 e. The molecule has 0 aliphatic carbocycles. The monoisotopic (exact) mass is 305 g/mol. The summed E-state index contributed by atoms with van der Waals surface area (Å²) >= 11 is 5.47. The molecule has 0 spiro atoms. The van der Waals surface area contributed by atoms with E-state index in [1.165, 1.54) is 10.7 Å². The molecule has 108 valence electrons. The summed E-state index contributed by atoms with van der Waals surface area (Å²) in [6.45, 7) is -1.51. The average Bonchev–Trinajstić information content (AvgIpc) is 2.79. The van der Waals surface area contributed by atoms with E-state index in [1.54, 1.807) is 24.4 Å². The van der Waals surface area contributed by atoms with Crippen molar-refractivity contribution in [2.24, 2.45) is 0 Å². The minimum Gasteiger partial charge on any atom is -0.328 e. The first kappa shape index (κ1) is 14.6. The lowest BCUT2D eigenvalue weighted by Gasteiger charge is -2.22. The van der Waals surface area contributed by atoms with Gasteiger partial charge in [-0.15, -0.1) is 11.6 Å². The van der Waals surface area contributed by atoms with Crippen molar-refractivity contribution in [3.63, 3.8) is 0 Å². The maximum atomic E-state index is 12.5. The first-order chi connectivity index (χ1) is 9.42. The molecule has 0 N–H and O–H groups in total. The second kappa shape index (κ2) is 5.70. The highest BCUT2D eigenvalue weighted by Gasteiger charge is 2.33. The number of hydrogen-bond acceptors (Lipinski definition) is 2. The lowest BCUT2D eigenvalue weighted by Crippen LogP contribution is -2.40. The number of pyridine rings is 1. The maximum Gasteiger partial charge on any atom is 0.406 e. The molecule has 0 radical (unpaired) electrons. The Hall–Kier alpha value is -1.76. The summed E-state index contributed by atoms with van der Waals surface area (Å²) in [4.78, 5) is 12.9. The summed E-state index contributed by atoms with van der Waals surface area (Å²) in [5, 5.41) is 3.93. The number of aromatic nitrogens is 2. The minimum absolute atomic E-state index is 0.0684. The summed E-state index contributed by atoms with van der Waals surface area (Å²) in [6, 6.07) is 5.01. The van der Waals surface area contributed by atoms with Crippen LogP contribution in [-0.2, 0) is 0 Å². The molecule has 2 aromatic heterocycles. The number of alkyl halides is 4.